The quantitative estimate of drug-likeness (QED) is 0.690. The summed E-state index contributed by atoms with van der Waals surface area (Å²) >= 11 is 0. The molecule has 1 unspecified atom stereocenters. The van der Waals surface area contributed by atoms with Crippen LogP contribution in [0.5, 0.6) is 0 Å². The van der Waals surface area contributed by atoms with Crippen LogP contribution in [0.25, 0.3) is 0 Å². The Morgan fingerprint density at radius 2 is 1.90 bits per heavy atom. The molecule has 166 valence electrons. The standard InChI is InChI=1S/C23H30N4O4/c24-17-8-11-31-21(17)14-6-9-26(10-7-14)12-15-2-1-3-16-13-27(23(30)20(15)16)18-4-5-19(28)25-22(18)29/h1-3,14,17-18,21H,4-13,24H2,(H,25,28,29)/t17-,18?,21+/m1/s1. The van der Waals surface area contributed by atoms with E-state index >= 15 is 0 Å². The number of nitrogens with zero attached hydrogens (tertiary/aromatic N) is 2. The minimum atomic E-state index is -0.572. The van der Waals surface area contributed by atoms with Crippen molar-refractivity contribution in [2.75, 3.05) is 19.7 Å². The zero-order valence-corrected chi connectivity index (χ0v) is 17.7. The summed E-state index contributed by atoms with van der Waals surface area (Å²) in [6.07, 6.45) is 3.91. The van der Waals surface area contributed by atoms with Gasteiger partial charge in [-0.1, -0.05) is 18.2 Å². The van der Waals surface area contributed by atoms with E-state index in [0.29, 0.717) is 18.9 Å². The van der Waals surface area contributed by atoms with Gasteiger partial charge in [-0.3, -0.25) is 24.6 Å². The number of piperidine rings is 2. The maximum Gasteiger partial charge on any atom is 0.255 e. The number of nitrogens with one attached hydrogen (secondary N) is 1. The molecule has 3 N–H and O–H groups in total. The number of ether oxygens (including phenoxy) is 1. The molecule has 31 heavy (non-hydrogen) atoms. The molecule has 3 amide bonds. The summed E-state index contributed by atoms with van der Waals surface area (Å²) in [6, 6.07) is 5.57. The van der Waals surface area contributed by atoms with Gasteiger partial charge in [0, 0.05) is 37.7 Å². The number of rotatable bonds is 4. The molecular weight excluding hydrogens is 396 g/mol. The van der Waals surface area contributed by atoms with Crippen LogP contribution in [-0.2, 0) is 27.4 Å². The van der Waals surface area contributed by atoms with Crippen LogP contribution in [0.4, 0.5) is 0 Å². The third kappa shape index (κ3) is 3.88. The minimum Gasteiger partial charge on any atom is -0.376 e. The van der Waals surface area contributed by atoms with Crippen molar-refractivity contribution in [1.29, 1.82) is 0 Å². The third-order valence-corrected chi connectivity index (χ3v) is 7.31. The number of carbonyl (C=O) groups is 3. The molecule has 3 fully saturated rings. The summed E-state index contributed by atoms with van der Waals surface area (Å²) in [4.78, 5) is 41.1. The molecule has 3 saturated heterocycles. The third-order valence-electron chi connectivity index (χ3n) is 7.31. The van der Waals surface area contributed by atoms with Crippen molar-refractivity contribution in [2.45, 2.75) is 63.4 Å². The molecule has 1 aromatic rings. The van der Waals surface area contributed by atoms with Crippen molar-refractivity contribution >= 4 is 17.7 Å². The number of carbonyl (C=O) groups excluding carboxylic acids is 3. The highest BCUT2D eigenvalue weighted by molar-refractivity contribution is 6.05. The maximum absolute atomic E-state index is 13.3. The molecule has 3 atom stereocenters. The lowest BCUT2D eigenvalue weighted by molar-refractivity contribution is -0.136. The van der Waals surface area contributed by atoms with E-state index < -0.39 is 6.04 Å². The summed E-state index contributed by atoms with van der Waals surface area (Å²) < 4.78 is 5.87. The number of imide groups is 1. The van der Waals surface area contributed by atoms with Crippen LogP contribution in [0, 0.1) is 5.92 Å². The summed E-state index contributed by atoms with van der Waals surface area (Å²) in [6.45, 7) is 3.85. The monoisotopic (exact) mass is 426 g/mol. The van der Waals surface area contributed by atoms with E-state index in [1.807, 2.05) is 18.2 Å². The number of likely N-dealkylation sites (tertiary alicyclic amines) is 1. The van der Waals surface area contributed by atoms with E-state index in [0.717, 1.165) is 62.2 Å². The second kappa shape index (κ2) is 8.33. The van der Waals surface area contributed by atoms with Crippen LogP contribution in [0.2, 0.25) is 0 Å². The number of benzene rings is 1. The topological polar surface area (TPSA) is 105 Å². The normalized spacial score (nSPS) is 30.0. The van der Waals surface area contributed by atoms with Crippen molar-refractivity contribution in [3.8, 4) is 0 Å². The van der Waals surface area contributed by atoms with Crippen molar-refractivity contribution in [3.05, 3.63) is 34.9 Å². The van der Waals surface area contributed by atoms with Gasteiger partial charge in [0.15, 0.2) is 0 Å². The first-order chi connectivity index (χ1) is 15.0. The summed E-state index contributed by atoms with van der Waals surface area (Å²) in [5.41, 5.74) is 8.92. The van der Waals surface area contributed by atoms with Gasteiger partial charge in [0.25, 0.3) is 5.91 Å². The van der Waals surface area contributed by atoms with Crippen LogP contribution < -0.4 is 11.1 Å². The van der Waals surface area contributed by atoms with Gasteiger partial charge in [-0.05, 0) is 55.8 Å². The molecule has 4 aliphatic rings. The predicted octanol–water partition coefficient (Wildman–Crippen LogP) is 0.776. The van der Waals surface area contributed by atoms with Crippen LogP contribution >= 0.6 is 0 Å². The molecule has 0 bridgehead atoms. The fourth-order valence-corrected chi connectivity index (χ4v) is 5.62. The Morgan fingerprint density at radius 3 is 2.61 bits per heavy atom. The first-order valence-electron chi connectivity index (χ1n) is 11.4. The molecule has 4 heterocycles. The van der Waals surface area contributed by atoms with Crippen molar-refractivity contribution in [3.63, 3.8) is 0 Å². The molecule has 0 aliphatic carbocycles. The highest BCUT2D eigenvalue weighted by Gasteiger charge is 2.40. The lowest BCUT2D eigenvalue weighted by Gasteiger charge is -2.35. The van der Waals surface area contributed by atoms with E-state index in [4.69, 9.17) is 10.5 Å². The van der Waals surface area contributed by atoms with Gasteiger partial charge < -0.3 is 15.4 Å². The molecule has 0 saturated carbocycles. The Morgan fingerprint density at radius 1 is 1.10 bits per heavy atom. The Bertz CT molecular complexity index is 896. The van der Waals surface area contributed by atoms with Gasteiger partial charge in [-0.25, -0.2) is 0 Å². The van der Waals surface area contributed by atoms with Gasteiger partial charge >= 0.3 is 0 Å². The second-order valence-corrected chi connectivity index (χ2v) is 9.25. The number of fused-ring (bicyclic) bond motifs is 1. The molecular formula is C23H30N4O4. The number of hydrogen-bond acceptors (Lipinski definition) is 6. The van der Waals surface area contributed by atoms with Crippen molar-refractivity contribution in [2.24, 2.45) is 11.7 Å². The average molecular weight is 427 g/mol. The average Bonchev–Trinajstić information content (AvgIpc) is 3.33. The zero-order valence-electron chi connectivity index (χ0n) is 17.7. The summed E-state index contributed by atoms with van der Waals surface area (Å²) in [7, 11) is 0. The lowest BCUT2D eigenvalue weighted by Crippen LogP contribution is -2.52. The van der Waals surface area contributed by atoms with Gasteiger partial charge in [0.2, 0.25) is 11.8 Å². The van der Waals surface area contributed by atoms with Crippen molar-refractivity contribution < 1.29 is 19.1 Å². The van der Waals surface area contributed by atoms with Crippen LogP contribution in [0.3, 0.4) is 0 Å². The fraction of sp³-hybridized carbons (Fsp3) is 0.609. The highest BCUT2D eigenvalue weighted by Crippen LogP contribution is 2.32. The van der Waals surface area contributed by atoms with Gasteiger partial charge in [0.05, 0.1) is 6.10 Å². The maximum atomic E-state index is 13.3. The van der Waals surface area contributed by atoms with Crippen molar-refractivity contribution in [1.82, 2.24) is 15.1 Å². The molecule has 4 aliphatic heterocycles. The van der Waals surface area contributed by atoms with E-state index in [9.17, 15) is 14.4 Å². The number of hydrogen-bond donors (Lipinski definition) is 2. The van der Waals surface area contributed by atoms with Crippen LogP contribution in [-0.4, -0.2) is 65.4 Å². The van der Waals surface area contributed by atoms with E-state index in [-0.39, 0.29) is 36.3 Å². The smallest absolute Gasteiger partial charge is 0.255 e. The SMILES string of the molecule is N[C@@H]1CCO[C@H]1C1CCN(Cc2cccc3c2C(=O)N(C2CCC(=O)NC2=O)C3)CC1. The molecule has 0 radical (unpaired) electrons. The fourth-order valence-electron chi connectivity index (χ4n) is 5.62. The van der Waals surface area contributed by atoms with Gasteiger partial charge in [-0.2, -0.15) is 0 Å². The number of amides is 3. The van der Waals surface area contributed by atoms with Crippen LogP contribution in [0.15, 0.2) is 18.2 Å². The lowest BCUT2D eigenvalue weighted by atomic mass is 9.87. The molecule has 8 heteroatoms. The summed E-state index contributed by atoms with van der Waals surface area (Å²) in [5, 5.41) is 2.37. The Labute approximate surface area is 182 Å². The van der Waals surface area contributed by atoms with Crippen LogP contribution in [0.1, 0.15) is 53.6 Å². The second-order valence-electron chi connectivity index (χ2n) is 9.25. The number of nitrogens with two attached hydrogens (primary N) is 1. The van der Waals surface area contributed by atoms with E-state index in [1.165, 1.54) is 0 Å². The van der Waals surface area contributed by atoms with E-state index in [1.54, 1.807) is 4.90 Å². The molecule has 8 nitrogen and oxygen atoms in total. The Balaban J connectivity index is 1.25. The molecule has 1 aromatic carbocycles. The first-order valence-corrected chi connectivity index (χ1v) is 11.4. The Hall–Kier alpha value is -2.29. The highest BCUT2D eigenvalue weighted by atomic mass is 16.5. The van der Waals surface area contributed by atoms with E-state index in [2.05, 4.69) is 10.2 Å². The molecule has 0 spiro atoms. The largest absolute Gasteiger partial charge is 0.376 e. The molecule has 5 rings (SSSR count). The van der Waals surface area contributed by atoms with Gasteiger partial charge in [-0.15, -0.1) is 0 Å². The van der Waals surface area contributed by atoms with Gasteiger partial charge in [0.1, 0.15) is 6.04 Å². The molecule has 0 aromatic heterocycles. The summed E-state index contributed by atoms with van der Waals surface area (Å²) in [5.74, 6) is -0.216. The predicted molar refractivity (Wildman–Crippen MR) is 113 cm³/mol. The zero-order chi connectivity index (χ0) is 21.5. The Kier molecular flexibility index (Phi) is 5.54. The first kappa shape index (κ1) is 20.6. The minimum absolute atomic E-state index is 0.0969.